The fourth-order valence-electron chi connectivity index (χ4n) is 6.20. The fourth-order valence-corrected chi connectivity index (χ4v) is 6.20. The van der Waals surface area contributed by atoms with E-state index < -0.39 is 5.97 Å². The van der Waals surface area contributed by atoms with Crippen LogP contribution in [0.25, 0.3) is 11.1 Å². The molecule has 1 aliphatic carbocycles. The molecule has 6 rings (SSSR count). The number of nitrogens with one attached hydrogen (secondary N) is 2. The number of fused-ring (bicyclic) bond motifs is 1. The van der Waals surface area contributed by atoms with Crippen molar-refractivity contribution >= 4 is 28.9 Å². The molecule has 0 bridgehead atoms. The first-order valence-electron chi connectivity index (χ1n) is 14.7. The lowest BCUT2D eigenvalue weighted by Gasteiger charge is -2.37. The lowest BCUT2D eigenvalue weighted by atomic mass is 9.93. The van der Waals surface area contributed by atoms with Gasteiger partial charge in [-0.25, -0.2) is 4.79 Å². The highest BCUT2D eigenvalue weighted by Gasteiger charge is 2.36. The van der Waals surface area contributed by atoms with Crippen molar-refractivity contribution in [3.63, 3.8) is 0 Å². The molecule has 0 spiro atoms. The molecule has 1 amide bonds. The van der Waals surface area contributed by atoms with Gasteiger partial charge in [-0.1, -0.05) is 49.6 Å². The molecule has 4 aromatic rings. The minimum Gasteiger partial charge on any atom is -0.508 e. The van der Waals surface area contributed by atoms with Crippen molar-refractivity contribution in [1.29, 1.82) is 0 Å². The summed E-state index contributed by atoms with van der Waals surface area (Å²) in [6, 6.07) is 26.5. The van der Waals surface area contributed by atoms with Gasteiger partial charge in [0.2, 0.25) is 5.91 Å². The zero-order chi connectivity index (χ0) is 29.9. The first-order chi connectivity index (χ1) is 20.9. The maximum Gasteiger partial charge on any atom is 0.335 e. The number of ether oxygens (including phenoxy) is 1. The number of hydrogen-bond acceptors (Lipinski definition) is 6. The summed E-state index contributed by atoms with van der Waals surface area (Å²) in [5, 5.41) is 25.7. The van der Waals surface area contributed by atoms with Crippen molar-refractivity contribution < 1.29 is 24.5 Å². The van der Waals surface area contributed by atoms with Crippen molar-refractivity contribution in [1.82, 2.24) is 0 Å². The van der Waals surface area contributed by atoms with Gasteiger partial charge in [-0.15, -0.1) is 0 Å². The van der Waals surface area contributed by atoms with Gasteiger partial charge in [0.05, 0.1) is 16.9 Å². The third-order valence-corrected chi connectivity index (χ3v) is 8.25. The molecule has 8 heteroatoms. The molecule has 0 aromatic heterocycles. The van der Waals surface area contributed by atoms with Gasteiger partial charge in [0, 0.05) is 18.7 Å². The Morgan fingerprint density at radius 2 is 1.67 bits per heavy atom. The van der Waals surface area contributed by atoms with Crippen LogP contribution in [0, 0.1) is 0 Å². The lowest BCUT2D eigenvalue weighted by molar-refractivity contribution is -0.114. The summed E-state index contributed by atoms with van der Waals surface area (Å²) in [6.07, 6.45) is 5.76. The highest BCUT2D eigenvalue weighted by atomic mass is 16.5. The first-order valence-corrected chi connectivity index (χ1v) is 14.7. The van der Waals surface area contributed by atoms with E-state index in [9.17, 15) is 19.8 Å². The summed E-state index contributed by atoms with van der Waals surface area (Å²) in [5.74, 6) is -0.183. The monoisotopic (exact) mass is 577 g/mol. The standard InChI is InChI=1S/C35H35N3O5/c1-22(39)36-27-12-17-31(23-7-13-29(40)14-8-23)26(19-27)21-43-30-15-9-24(10-16-30)34-37-32-20-25(35(41)42)11-18-33(32)38(34)28-5-3-2-4-6-28/h7-20,28,34,37,40H,2-6,21H2,1H3,(H,36,39)(H,41,42). The van der Waals surface area contributed by atoms with E-state index in [2.05, 4.69) is 27.7 Å². The normalized spacial score (nSPS) is 16.3. The van der Waals surface area contributed by atoms with E-state index in [0.29, 0.717) is 17.5 Å². The second-order valence-electron chi connectivity index (χ2n) is 11.2. The SMILES string of the molecule is CC(=O)Nc1ccc(-c2ccc(O)cc2)c(COc2ccc(C3Nc4cc(C(=O)O)ccc4N3C3CCCCC3)cc2)c1. The van der Waals surface area contributed by atoms with Gasteiger partial charge in [-0.2, -0.15) is 0 Å². The number of carbonyl (C=O) groups is 2. The molecule has 4 N–H and O–H groups in total. The molecule has 1 saturated carbocycles. The number of carboxylic acid groups (broad SMARTS) is 1. The molecular weight excluding hydrogens is 542 g/mol. The van der Waals surface area contributed by atoms with Crippen LogP contribution < -0.4 is 20.3 Å². The Morgan fingerprint density at radius 1 is 0.930 bits per heavy atom. The third-order valence-electron chi connectivity index (χ3n) is 8.25. The van der Waals surface area contributed by atoms with Gasteiger partial charge in [0.25, 0.3) is 0 Å². The van der Waals surface area contributed by atoms with E-state index in [1.165, 1.54) is 26.2 Å². The number of carboxylic acids is 1. The Hall–Kier alpha value is -4.98. The summed E-state index contributed by atoms with van der Waals surface area (Å²) >= 11 is 0. The Bertz CT molecular complexity index is 1630. The molecule has 0 saturated heterocycles. The number of aromatic carboxylic acids is 1. The number of benzene rings is 4. The number of carbonyl (C=O) groups excluding carboxylic acids is 1. The Balaban J connectivity index is 1.23. The summed E-state index contributed by atoms with van der Waals surface area (Å²) in [5.41, 5.74) is 6.69. The maximum absolute atomic E-state index is 11.7. The van der Waals surface area contributed by atoms with E-state index in [0.717, 1.165) is 46.5 Å². The summed E-state index contributed by atoms with van der Waals surface area (Å²) in [4.78, 5) is 25.7. The average Bonchev–Trinajstić information content (AvgIpc) is 3.40. The molecular formula is C35H35N3O5. The predicted molar refractivity (Wildman–Crippen MR) is 168 cm³/mol. The van der Waals surface area contributed by atoms with Gasteiger partial charge in [-0.3, -0.25) is 4.79 Å². The van der Waals surface area contributed by atoms with Crippen molar-refractivity contribution in [3.8, 4) is 22.6 Å². The molecule has 1 unspecified atom stereocenters. The maximum atomic E-state index is 11.7. The van der Waals surface area contributed by atoms with Gasteiger partial charge in [-0.05, 0) is 89.7 Å². The Kier molecular flexibility index (Phi) is 7.92. The van der Waals surface area contributed by atoms with Crippen LogP contribution in [0.1, 0.15) is 66.7 Å². The zero-order valence-electron chi connectivity index (χ0n) is 24.0. The lowest BCUT2D eigenvalue weighted by Crippen LogP contribution is -2.39. The van der Waals surface area contributed by atoms with Gasteiger partial charge >= 0.3 is 5.97 Å². The van der Waals surface area contributed by atoms with Crippen molar-refractivity contribution in [3.05, 3.63) is 102 Å². The van der Waals surface area contributed by atoms with E-state index >= 15 is 0 Å². The molecule has 220 valence electrons. The Labute approximate surface area is 250 Å². The topological polar surface area (TPSA) is 111 Å². The van der Waals surface area contributed by atoms with Crippen molar-refractivity contribution in [2.24, 2.45) is 0 Å². The van der Waals surface area contributed by atoms with Gasteiger partial charge in [0.1, 0.15) is 24.3 Å². The van der Waals surface area contributed by atoms with E-state index in [-0.39, 0.29) is 30.0 Å². The smallest absolute Gasteiger partial charge is 0.335 e. The second-order valence-corrected chi connectivity index (χ2v) is 11.2. The summed E-state index contributed by atoms with van der Waals surface area (Å²) < 4.78 is 6.24. The average molecular weight is 578 g/mol. The van der Waals surface area contributed by atoms with Crippen LogP contribution in [0.4, 0.5) is 17.1 Å². The van der Waals surface area contributed by atoms with Crippen LogP contribution in [0.3, 0.4) is 0 Å². The number of anilines is 3. The zero-order valence-corrected chi connectivity index (χ0v) is 24.0. The number of rotatable bonds is 8. The molecule has 2 aliphatic rings. The number of phenolic OH excluding ortho intramolecular Hbond substituents is 1. The molecule has 1 heterocycles. The number of amides is 1. The molecule has 8 nitrogen and oxygen atoms in total. The molecule has 43 heavy (non-hydrogen) atoms. The van der Waals surface area contributed by atoms with E-state index in [1.54, 1.807) is 24.3 Å². The second kappa shape index (κ2) is 12.1. The molecule has 0 radical (unpaired) electrons. The largest absolute Gasteiger partial charge is 0.508 e. The molecule has 1 fully saturated rings. The van der Waals surface area contributed by atoms with Crippen LogP contribution in [0.5, 0.6) is 11.5 Å². The minimum atomic E-state index is -0.935. The van der Waals surface area contributed by atoms with Gasteiger partial charge < -0.3 is 30.5 Å². The predicted octanol–water partition coefficient (Wildman–Crippen LogP) is 7.56. The van der Waals surface area contributed by atoms with Crippen molar-refractivity contribution in [2.75, 3.05) is 15.5 Å². The fraction of sp³-hybridized carbons (Fsp3) is 0.257. The van der Waals surface area contributed by atoms with Crippen LogP contribution in [0.15, 0.2) is 84.9 Å². The molecule has 4 aromatic carbocycles. The van der Waals surface area contributed by atoms with E-state index in [4.69, 9.17) is 4.74 Å². The van der Waals surface area contributed by atoms with Crippen LogP contribution in [-0.2, 0) is 11.4 Å². The van der Waals surface area contributed by atoms with Crippen LogP contribution in [0.2, 0.25) is 0 Å². The Morgan fingerprint density at radius 3 is 2.37 bits per heavy atom. The number of hydrogen-bond donors (Lipinski definition) is 4. The minimum absolute atomic E-state index is 0.105. The quantitative estimate of drug-likeness (QED) is 0.171. The van der Waals surface area contributed by atoms with Crippen LogP contribution >= 0.6 is 0 Å². The summed E-state index contributed by atoms with van der Waals surface area (Å²) in [7, 11) is 0. The summed E-state index contributed by atoms with van der Waals surface area (Å²) in [6.45, 7) is 1.76. The van der Waals surface area contributed by atoms with Crippen LogP contribution in [-0.4, -0.2) is 28.1 Å². The van der Waals surface area contributed by atoms with Gasteiger partial charge in [0.15, 0.2) is 0 Å². The molecule has 1 atom stereocenters. The molecule has 1 aliphatic heterocycles. The number of nitrogens with zero attached hydrogens (tertiary/aromatic N) is 1. The van der Waals surface area contributed by atoms with Crippen molar-refractivity contribution in [2.45, 2.75) is 57.8 Å². The highest BCUT2D eigenvalue weighted by molar-refractivity contribution is 5.92. The van der Waals surface area contributed by atoms with E-state index in [1.807, 2.05) is 48.5 Å². The highest BCUT2D eigenvalue weighted by Crippen LogP contribution is 2.45. The number of aromatic hydroxyl groups is 1. The first kappa shape index (κ1) is 28.2. The number of phenols is 1. The third kappa shape index (κ3) is 6.14.